The molecular formula is C17H24N2O4S. The number of carbonyl (C=O) groups is 1. The molecule has 1 aliphatic heterocycles. The Hall–Kier alpha value is -1.60. The summed E-state index contributed by atoms with van der Waals surface area (Å²) in [5.74, 6) is 0.565. The van der Waals surface area contributed by atoms with E-state index >= 15 is 0 Å². The van der Waals surface area contributed by atoms with E-state index < -0.39 is 10.0 Å². The first-order valence-electron chi connectivity index (χ1n) is 8.44. The molecule has 0 spiro atoms. The zero-order valence-corrected chi connectivity index (χ0v) is 14.8. The fourth-order valence-electron chi connectivity index (χ4n) is 3.48. The SMILES string of the molecule is COc1cccc(C(=O)N2CCN(S(=O)(=O)C3CCCC3)CC2)c1. The van der Waals surface area contributed by atoms with E-state index in [0.29, 0.717) is 37.5 Å². The molecule has 1 saturated carbocycles. The largest absolute Gasteiger partial charge is 0.497 e. The van der Waals surface area contributed by atoms with Gasteiger partial charge < -0.3 is 9.64 Å². The minimum atomic E-state index is -3.21. The Balaban J connectivity index is 1.63. The number of hydrogen-bond donors (Lipinski definition) is 0. The Morgan fingerprint density at radius 1 is 1.12 bits per heavy atom. The number of amides is 1. The van der Waals surface area contributed by atoms with E-state index in [4.69, 9.17) is 4.74 Å². The van der Waals surface area contributed by atoms with Crippen LogP contribution in [0.25, 0.3) is 0 Å². The van der Waals surface area contributed by atoms with E-state index in [9.17, 15) is 13.2 Å². The third kappa shape index (κ3) is 3.42. The summed E-state index contributed by atoms with van der Waals surface area (Å²) in [6, 6.07) is 7.05. The number of sulfonamides is 1. The molecule has 6 nitrogen and oxygen atoms in total. The number of benzene rings is 1. The highest BCUT2D eigenvalue weighted by Crippen LogP contribution is 2.27. The van der Waals surface area contributed by atoms with Crippen molar-refractivity contribution in [2.75, 3.05) is 33.3 Å². The normalized spacial score (nSPS) is 20.3. The summed E-state index contributed by atoms with van der Waals surface area (Å²) in [6.45, 7) is 1.63. The van der Waals surface area contributed by atoms with Gasteiger partial charge in [0.1, 0.15) is 5.75 Å². The molecule has 1 saturated heterocycles. The number of piperazine rings is 1. The number of nitrogens with zero attached hydrogens (tertiary/aromatic N) is 2. The second-order valence-corrected chi connectivity index (χ2v) is 8.59. The second kappa shape index (κ2) is 7.11. The topological polar surface area (TPSA) is 66.9 Å². The van der Waals surface area contributed by atoms with Gasteiger partial charge in [0.2, 0.25) is 10.0 Å². The summed E-state index contributed by atoms with van der Waals surface area (Å²) in [6.07, 6.45) is 3.53. The molecule has 1 amide bonds. The van der Waals surface area contributed by atoms with Gasteiger partial charge in [0.15, 0.2) is 0 Å². The van der Waals surface area contributed by atoms with Crippen molar-refractivity contribution in [2.45, 2.75) is 30.9 Å². The van der Waals surface area contributed by atoms with E-state index in [2.05, 4.69) is 0 Å². The zero-order valence-electron chi connectivity index (χ0n) is 14.0. The lowest BCUT2D eigenvalue weighted by Gasteiger charge is -2.35. The van der Waals surface area contributed by atoms with E-state index in [0.717, 1.165) is 25.7 Å². The van der Waals surface area contributed by atoms with E-state index in [1.165, 1.54) is 0 Å². The van der Waals surface area contributed by atoms with Crippen molar-refractivity contribution in [1.82, 2.24) is 9.21 Å². The lowest BCUT2D eigenvalue weighted by Crippen LogP contribution is -2.52. The first kappa shape index (κ1) is 17.2. The van der Waals surface area contributed by atoms with Gasteiger partial charge >= 0.3 is 0 Å². The predicted molar refractivity (Wildman–Crippen MR) is 91.6 cm³/mol. The van der Waals surface area contributed by atoms with Crippen molar-refractivity contribution in [3.05, 3.63) is 29.8 Å². The molecule has 0 atom stereocenters. The molecule has 132 valence electrons. The summed E-state index contributed by atoms with van der Waals surface area (Å²) >= 11 is 0. The maximum Gasteiger partial charge on any atom is 0.254 e. The lowest BCUT2D eigenvalue weighted by molar-refractivity contribution is 0.0697. The van der Waals surface area contributed by atoms with Crippen LogP contribution in [0.15, 0.2) is 24.3 Å². The van der Waals surface area contributed by atoms with Crippen LogP contribution in [0.2, 0.25) is 0 Å². The monoisotopic (exact) mass is 352 g/mol. The van der Waals surface area contributed by atoms with Crippen molar-refractivity contribution in [3.8, 4) is 5.75 Å². The number of carbonyl (C=O) groups excluding carboxylic acids is 1. The van der Waals surface area contributed by atoms with Gasteiger partial charge in [-0.3, -0.25) is 4.79 Å². The van der Waals surface area contributed by atoms with Crippen LogP contribution in [-0.2, 0) is 10.0 Å². The number of methoxy groups -OCH3 is 1. The minimum absolute atomic E-state index is 0.0770. The van der Waals surface area contributed by atoms with Gasteiger partial charge in [-0.05, 0) is 31.0 Å². The first-order chi connectivity index (χ1) is 11.5. The molecule has 24 heavy (non-hydrogen) atoms. The smallest absolute Gasteiger partial charge is 0.254 e. The van der Waals surface area contributed by atoms with E-state index in [1.807, 2.05) is 0 Å². The molecule has 0 unspecified atom stereocenters. The van der Waals surface area contributed by atoms with Crippen LogP contribution in [0, 0.1) is 0 Å². The second-order valence-electron chi connectivity index (χ2n) is 6.37. The third-order valence-corrected chi connectivity index (χ3v) is 7.32. The summed E-state index contributed by atoms with van der Waals surface area (Å²) in [5, 5.41) is -0.224. The maximum atomic E-state index is 12.6. The molecule has 0 radical (unpaired) electrons. The summed E-state index contributed by atoms with van der Waals surface area (Å²) in [4.78, 5) is 14.3. The average Bonchev–Trinajstić information content (AvgIpc) is 3.17. The number of rotatable bonds is 4. The Morgan fingerprint density at radius 2 is 1.79 bits per heavy atom. The summed E-state index contributed by atoms with van der Waals surface area (Å²) in [7, 11) is -1.65. The third-order valence-electron chi connectivity index (χ3n) is 4.93. The van der Waals surface area contributed by atoms with Crippen LogP contribution in [0.1, 0.15) is 36.0 Å². The molecule has 3 rings (SSSR count). The fraction of sp³-hybridized carbons (Fsp3) is 0.588. The van der Waals surface area contributed by atoms with E-state index in [-0.39, 0.29) is 11.2 Å². The molecule has 1 aromatic carbocycles. The standard InChI is InChI=1S/C17H24N2O4S/c1-23-15-6-4-5-14(13-15)17(20)18-9-11-19(12-10-18)24(21,22)16-7-2-3-8-16/h4-6,13,16H,2-3,7-12H2,1H3. The average molecular weight is 352 g/mol. The molecule has 2 fully saturated rings. The van der Waals surface area contributed by atoms with Crippen LogP contribution >= 0.6 is 0 Å². The van der Waals surface area contributed by atoms with Crippen LogP contribution in [-0.4, -0.2) is 62.1 Å². The molecular weight excluding hydrogens is 328 g/mol. The van der Waals surface area contributed by atoms with Crippen LogP contribution in [0.4, 0.5) is 0 Å². The van der Waals surface area contributed by atoms with Crippen molar-refractivity contribution in [2.24, 2.45) is 0 Å². The van der Waals surface area contributed by atoms with Gasteiger partial charge in [0, 0.05) is 31.7 Å². The van der Waals surface area contributed by atoms with Crippen molar-refractivity contribution < 1.29 is 17.9 Å². The fourth-order valence-corrected chi connectivity index (χ4v) is 5.50. The van der Waals surface area contributed by atoms with Gasteiger partial charge in [0.05, 0.1) is 12.4 Å². The molecule has 1 aliphatic carbocycles. The van der Waals surface area contributed by atoms with Gasteiger partial charge in [-0.2, -0.15) is 4.31 Å². The maximum absolute atomic E-state index is 12.6. The number of ether oxygens (including phenoxy) is 1. The highest BCUT2D eigenvalue weighted by Gasteiger charge is 2.36. The first-order valence-corrected chi connectivity index (χ1v) is 9.95. The molecule has 2 aliphatic rings. The Bertz CT molecular complexity index is 690. The zero-order chi connectivity index (χ0) is 17.2. The van der Waals surface area contributed by atoms with Crippen molar-refractivity contribution in [1.29, 1.82) is 0 Å². The summed E-state index contributed by atoms with van der Waals surface area (Å²) < 4.78 is 32.0. The van der Waals surface area contributed by atoms with Gasteiger partial charge in [-0.1, -0.05) is 18.9 Å². The van der Waals surface area contributed by atoms with Gasteiger partial charge in [-0.15, -0.1) is 0 Å². The highest BCUT2D eigenvalue weighted by molar-refractivity contribution is 7.89. The minimum Gasteiger partial charge on any atom is -0.497 e. The quantitative estimate of drug-likeness (QED) is 0.828. The molecule has 7 heteroatoms. The predicted octanol–water partition coefficient (Wildman–Crippen LogP) is 1.73. The Kier molecular flexibility index (Phi) is 5.10. The van der Waals surface area contributed by atoms with Crippen molar-refractivity contribution >= 4 is 15.9 Å². The summed E-state index contributed by atoms with van der Waals surface area (Å²) in [5.41, 5.74) is 0.571. The van der Waals surface area contributed by atoms with Crippen molar-refractivity contribution in [3.63, 3.8) is 0 Å². The Labute approximate surface area is 143 Å². The van der Waals surface area contributed by atoms with Crippen LogP contribution in [0.5, 0.6) is 5.75 Å². The van der Waals surface area contributed by atoms with Crippen LogP contribution < -0.4 is 4.74 Å². The van der Waals surface area contributed by atoms with Crippen LogP contribution in [0.3, 0.4) is 0 Å². The molecule has 1 heterocycles. The van der Waals surface area contributed by atoms with Gasteiger partial charge in [-0.25, -0.2) is 8.42 Å². The lowest BCUT2D eigenvalue weighted by atomic mass is 10.1. The highest BCUT2D eigenvalue weighted by atomic mass is 32.2. The molecule has 0 N–H and O–H groups in total. The number of hydrogen-bond acceptors (Lipinski definition) is 4. The van der Waals surface area contributed by atoms with E-state index in [1.54, 1.807) is 40.6 Å². The molecule has 0 bridgehead atoms. The molecule has 1 aromatic rings. The molecule has 0 aromatic heterocycles. The Morgan fingerprint density at radius 3 is 2.42 bits per heavy atom. The van der Waals surface area contributed by atoms with Gasteiger partial charge in [0.25, 0.3) is 5.91 Å².